The first-order valence-electron chi connectivity index (χ1n) is 5.79. The Morgan fingerprint density at radius 1 is 1.10 bits per heavy atom. The molecule has 2 rings (SSSR count). The highest BCUT2D eigenvalue weighted by Crippen LogP contribution is 2.14. The lowest BCUT2D eigenvalue weighted by Gasteiger charge is -1.97. The monoisotopic (exact) mass is 271 g/mol. The number of carbonyl (C=O) groups excluding carboxylic acids is 1. The van der Waals surface area contributed by atoms with E-state index in [0.29, 0.717) is 11.1 Å². The number of rotatable bonds is 4. The first kappa shape index (κ1) is 13.6. The predicted octanol–water partition coefficient (Wildman–Crippen LogP) is 3.63. The maximum absolute atomic E-state index is 13.3. The molecule has 0 saturated heterocycles. The third-order valence-electron chi connectivity index (χ3n) is 2.68. The van der Waals surface area contributed by atoms with E-state index in [1.54, 1.807) is 18.2 Å². The molecule has 0 radical (unpaired) electrons. The quantitative estimate of drug-likeness (QED) is 0.369. The molecular weight excluding hydrogens is 261 g/mol. The fourth-order valence-corrected chi connectivity index (χ4v) is 1.62. The Morgan fingerprint density at radius 2 is 1.75 bits per heavy atom. The smallest absolute Gasteiger partial charge is 0.269 e. The van der Waals surface area contributed by atoms with Crippen LogP contribution in [0.1, 0.15) is 15.9 Å². The molecule has 0 amide bonds. The minimum atomic E-state index is -0.538. The standard InChI is InChI=1S/C15H10FNO3/c16-14-4-2-1-3-11(14)7-10-15(18)12-5-8-13(9-6-12)17(19)20/h1-10H. The number of non-ortho nitro benzene ring substituents is 1. The lowest BCUT2D eigenvalue weighted by Crippen LogP contribution is -1.95. The summed E-state index contributed by atoms with van der Waals surface area (Å²) in [5.74, 6) is -0.761. The molecule has 0 aliphatic heterocycles. The van der Waals surface area contributed by atoms with Crippen molar-refractivity contribution in [3.63, 3.8) is 0 Å². The third kappa shape index (κ3) is 3.14. The van der Waals surface area contributed by atoms with Gasteiger partial charge in [-0.15, -0.1) is 0 Å². The van der Waals surface area contributed by atoms with Gasteiger partial charge in [0.15, 0.2) is 5.78 Å². The number of ketones is 1. The minimum absolute atomic E-state index is 0.0837. The Balaban J connectivity index is 2.16. The number of carbonyl (C=O) groups is 1. The normalized spacial score (nSPS) is 10.7. The number of allylic oxidation sites excluding steroid dienone is 1. The molecule has 2 aromatic rings. The lowest BCUT2D eigenvalue weighted by molar-refractivity contribution is -0.384. The van der Waals surface area contributed by atoms with Crippen molar-refractivity contribution in [2.75, 3.05) is 0 Å². The fraction of sp³-hybridized carbons (Fsp3) is 0. The lowest BCUT2D eigenvalue weighted by atomic mass is 10.1. The molecule has 20 heavy (non-hydrogen) atoms. The number of nitro groups is 1. The number of hydrogen-bond acceptors (Lipinski definition) is 3. The van der Waals surface area contributed by atoms with Crippen LogP contribution in [-0.4, -0.2) is 10.7 Å². The van der Waals surface area contributed by atoms with Crippen LogP contribution in [0.3, 0.4) is 0 Å². The van der Waals surface area contributed by atoms with Crippen LogP contribution in [0.2, 0.25) is 0 Å². The van der Waals surface area contributed by atoms with Gasteiger partial charge in [-0.2, -0.15) is 0 Å². The number of nitrogens with zero attached hydrogens (tertiary/aromatic N) is 1. The van der Waals surface area contributed by atoms with Crippen LogP contribution in [0, 0.1) is 15.9 Å². The maximum Gasteiger partial charge on any atom is 0.269 e. The number of hydrogen-bond donors (Lipinski definition) is 0. The molecule has 0 unspecified atom stereocenters. The van der Waals surface area contributed by atoms with Crippen molar-refractivity contribution < 1.29 is 14.1 Å². The predicted molar refractivity (Wildman–Crippen MR) is 72.9 cm³/mol. The number of halogens is 1. The second-order valence-corrected chi connectivity index (χ2v) is 4.02. The van der Waals surface area contributed by atoms with Gasteiger partial charge < -0.3 is 0 Å². The van der Waals surface area contributed by atoms with Crippen LogP contribution in [0.15, 0.2) is 54.6 Å². The number of benzene rings is 2. The summed E-state index contributed by atoms with van der Waals surface area (Å²) in [4.78, 5) is 21.8. The van der Waals surface area contributed by atoms with E-state index in [1.165, 1.54) is 42.5 Å². The van der Waals surface area contributed by atoms with Gasteiger partial charge in [-0.25, -0.2) is 4.39 Å². The van der Waals surface area contributed by atoms with Gasteiger partial charge in [0.25, 0.3) is 5.69 Å². The summed E-state index contributed by atoms with van der Waals surface area (Å²) in [6.45, 7) is 0. The summed E-state index contributed by atoms with van der Waals surface area (Å²) >= 11 is 0. The van der Waals surface area contributed by atoms with E-state index in [9.17, 15) is 19.3 Å². The van der Waals surface area contributed by atoms with Crippen LogP contribution in [0.5, 0.6) is 0 Å². The largest absolute Gasteiger partial charge is 0.289 e. The van der Waals surface area contributed by atoms with Gasteiger partial charge in [-0.05, 0) is 30.4 Å². The summed E-state index contributed by atoms with van der Waals surface area (Å²) in [7, 11) is 0. The van der Waals surface area contributed by atoms with Crippen LogP contribution < -0.4 is 0 Å². The SMILES string of the molecule is O=C(C=Cc1ccccc1F)c1ccc([N+](=O)[O-])cc1. The molecule has 0 aliphatic rings. The van der Waals surface area contributed by atoms with Crippen molar-refractivity contribution in [2.45, 2.75) is 0 Å². The molecule has 4 nitrogen and oxygen atoms in total. The Hall–Kier alpha value is -2.82. The average Bonchev–Trinajstić information content (AvgIpc) is 2.46. The van der Waals surface area contributed by atoms with Crippen LogP contribution in [0.4, 0.5) is 10.1 Å². The van der Waals surface area contributed by atoms with Crippen LogP contribution in [-0.2, 0) is 0 Å². The van der Waals surface area contributed by atoms with Gasteiger partial charge in [-0.1, -0.05) is 18.2 Å². The molecule has 2 aromatic carbocycles. The summed E-state index contributed by atoms with van der Waals surface area (Å²) in [6.07, 6.45) is 2.61. The van der Waals surface area contributed by atoms with Gasteiger partial charge in [0.05, 0.1) is 4.92 Å². The average molecular weight is 271 g/mol. The zero-order chi connectivity index (χ0) is 14.5. The van der Waals surface area contributed by atoms with E-state index in [2.05, 4.69) is 0 Å². The molecular formula is C15H10FNO3. The first-order valence-corrected chi connectivity index (χ1v) is 5.79. The molecule has 0 bridgehead atoms. The van der Waals surface area contributed by atoms with E-state index < -0.39 is 10.7 Å². The Bertz CT molecular complexity index is 678. The Kier molecular flexibility index (Phi) is 4.00. The fourth-order valence-electron chi connectivity index (χ4n) is 1.62. The van der Waals surface area contributed by atoms with Gasteiger partial charge in [0.1, 0.15) is 5.82 Å². The van der Waals surface area contributed by atoms with Crippen molar-refractivity contribution in [1.82, 2.24) is 0 Å². The zero-order valence-corrected chi connectivity index (χ0v) is 10.3. The van der Waals surface area contributed by atoms with Crippen molar-refractivity contribution >= 4 is 17.5 Å². The summed E-state index contributed by atoms with van der Waals surface area (Å²) in [5.41, 5.74) is 0.533. The topological polar surface area (TPSA) is 60.2 Å². The molecule has 0 aromatic heterocycles. The van der Waals surface area contributed by atoms with Crippen molar-refractivity contribution in [3.05, 3.63) is 81.7 Å². The highest BCUT2D eigenvalue weighted by atomic mass is 19.1. The highest BCUT2D eigenvalue weighted by Gasteiger charge is 2.07. The summed E-state index contributed by atoms with van der Waals surface area (Å²) in [5, 5.41) is 10.5. The van der Waals surface area contributed by atoms with E-state index in [1.807, 2.05) is 0 Å². The Labute approximate surface area is 114 Å². The highest BCUT2D eigenvalue weighted by molar-refractivity contribution is 6.06. The molecule has 0 spiro atoms. The third-order valence-corrected chi connectivity index (χ3v) is 2.68. The van der Waals surface area contributed by atoms with Gasteiger partial charge in [-0.3, -0.25) is 14.9 Å². The molecule has 0 fully saturated rings. The molecule has 5 heteroatoms. The van der Waals surface area contributed by atoms with Crippen molar-refractivity contribution in [3.8, 4) is 0 Å². The minimum Gasteiger partial charge on any atom is -0.289 e. The van der Waals surface area contributed by atoms with Crippen LogP contribution >= 0.6 is 0 Å². The molecule has 100 valence electrons. The van der Waals surface area contributed by atoms with Gasteiger partial charge in [0.2, 0.25) is 0 Å². The molecule has 0 aliphatic carbocycles. The zero-order valence-electron chi connectivity index (χ0n) is 10.3. The van der Waals surface area contributed by atoms with E-state index in [0.717, 1.165) is 0 Å². The van der Waals surface area contributed by atoms with Crippen LogP contribution in [0.25, 0.3) is 6.08 Å². The van der Waals surface area contributed by atoms with E-state index >= 15 is 0 Å². The van der Waals surface area contributed by atoms with E-state index in [-0.39, 0.29) is 11.5 Å². The maximum atomic E-state index is 13.3. The van der Waals surface area contributed by atoms with Gasteiger partial charge in [0, 0.05) is 23.3 Å². The molecule has 0 atom stereocenters. The van der Waals surface area contributed by atoms with Crippen molar-refractivity contribution in [2.24, 2.45) is 0 Å². The number of nitro benzene ring substituents is 1. The first-order chi connectivity index (χ1) is 9.58. The summed E-state index contributed by atoms with van der Waals surface area (Å²) < 4.78 is 13.3. The Morgan fingerprint density at radius 3 is 2.35 bits per heavy atom. The molecule has 0 N–H and O–H groups in total. The molecule has 0 heterocycles. The molecule has 0 saturated carbocycles. The second kappa shape index (κ2) is 5.88. The van der Waals surface area contributed by atoms with Crippen molar-refractivity contribution in [1.29, 1.82) is 0 Å². The summed E-state index contributed by atoms with van der Waals surface area (Å²) in [6, 6.07) is 11.3. The second-order valence-electron chi connectivity index (χ2n) is 4.02. The van der Waals surface area contributed by atoms with E-state index in [4.69, 9.17) is 0 Å². The van der Waals surface area contributed by atoms with Gasteiger partial charge >= 0.3 is 0 Å².